The molecule has 0 amide bonds. The summed E-state index contributed by atoms with van der Waals surface area (Å²) in [4.78, 5) is 7.99. The van der Waals surface area contributed by atoms with Crippen molar-refractivity contribution in [2.45, 2.75) is 26.2 Å². The molecule has 96 valence electrons. The van der Waals surface area contributed by atoms with Gasteiger partial charge in [0.1, 0.15) is 5.82 Å². The van der Waals surface area contributed by atoms with Gasteiger partial charge in [-0.05, 0) is 26.0 Å². The molecule has 3 nitrogen and oxygen atoms in total. The number of hydrogen-bond donors (Lipinski definition) is 2. The first-order chi connectivity index (χ1) is 8.63. The monoisotopic (exact) mass is 263 g/mol. The average molecular weight is 264 g/mol. The maximum atomic E-state index is 6.21. The number of aromatic amines is 1. The second kappa shape index (κ2) is 5.55. The zero-order chi connectivity index (χ0) is 13.1. The van der Waals surface area contributed by atoms with Gasteiger partial charge in [-0.1, -0.05) is 36.7 Å². The Labute approximate surface area is 112 Å². The summed E-state index contributed by atoms with van der Waals surface area (Å²) in [6.45, 7) is 4.81. The number of nitrogens with zero attached hydrogens (tertiary/aromatic N) is 1. The van der Waals surface area contributed by atoms with E-state index in [0.29, 0.717) is 12.5 Å². The molecule has 3 N–H and O–H groups in total. The van der Waals surface area contributed by atoms with Crippen LogP contribution in [0.25, 0.3) is 11.3 Å². The summed E-state index contributed by atoms with van der Waals surface area (Å²) in [5.74, 6) is 1.32. The molecule has 4 heteroatoms. The van der Waals surface area contributed by atoms with E-state index in [9.17, 15) is 0 Å². The molecule has 2 rings (SSSR count). The van der Waals surface area contributed by atoms with E-state index in [1.54, 1.807) is 0 Å². The Hall–Kier alpha value is -1.32. The number of imidazole rings is 1. The lowest BCUT2D eigenvalue weighted by Crippen LogP contribution is -2.05. The van der Waals surface area contributed by atoms with Crippen molar-refractivity contribution in [3.05, 3.63) is 40.8 Å². The van der Waals surface area contributed by atoms with Gasteiger partial charge in [0.25, 0.3) is 0 Å². The van der Waals surface area contributed by atoms with Crippen LogP contribution in [0.4, 0.5) is 0 Å². The SMILES string of the molecule is Cc1[nH]c(C(C)CCN)nc1-c1ccccc1Cl. The van der Waals surface area contributed by atoms with Gasteiger partial charge in [0.05, 0.1) is 10.7 Å². The number of nitrogens with one attached hydrogen (secondary N) is 1. The molecule has 0 aliphatic rings. The van der Waals surface area contributed by atoms with Crippen LogP contribution < -0.4 is 5.73 Å². The van der Waals surface area contributed by atoms with E-state index in [4.69, 9.17) is 17.3 Å². The van der Waals surface area contributed by atoms with Crippen molar-refractivity contribution >= 4 is 11.6 Å². The Morgan fingerprint density at radius 3 is 2.78 bits per heavy atom. The molecule has 0 aliphatic heterocycles. The van der Waals surface area contributed by atoms with Crippen LogP contribution in [0.2, 0.25) is 5.02 Å². The predicted octanol–water partition coefficient (Wildman–Crippen LogP) is 3.49. The highest BCUT2D eigenvalue weighted by atomic mass is 35.5. The van der Waals surface area contributed by atoms with Crippen LogP contribution >= 0.6 is 11.6 Å². The van der Waals surface area contributed by atoms with E-state index in [1.165, 1.54) is 0 Å². The fourth-order valence-corrected chi connectivity index (χ4v) is 2.24. The van der Waals surface area contributed by atoms with E-state index >= 15 is 0 Å². The van der Waals surface area contributed by atoms with Gasteiger partial charge < -0.3 is 10.7 Å². The molecule has 1 aromatic carbocycles. The van der Waals surface area contributed by atoms with E-state index in [-0.39, 0.29) is 0 Å². The summed E-state index contributed by atoms with van der Waals surface area (Å²) in [5, 5.41) is 0.727. The van der Waals surface area contributed by atoms with Gasteiger partial charge in [0, 0.05) is 17.2 Å². The van der Waals surface area contributed by atoms with Crippen LogP contribution in [-0.4, -0.2) is 16.5 Å². The van der Waals surface area contributed by atoms with Gasteiger partial charge >= 0.3 is 0 Å². The Kier molecular flexibility index (Phi) is 4.04. The first-order valence-corrected chi connectivity index (χ1v) is 6.52. The number of benzene rings is 1. The van der Waals surface area contributed by atoms with Gasteiger partial charge in [0.15, 0.2) is 0 Å². The highest BCUT2D eigenvalue weighted by molar-refractivity contribution is 6.33. The van der Waals surface area contributed by atoms with Crippen molar-refractivity contribution in [1.82, 2.24) is 9.97 Å². The number of aryl methyl sites for hydroxylation is 1. The van der Waals surface area contributed by atoms with Gasteiger partial charge in [-0.25, -0.2) is 4.98 Å². The first kappa shape index (κ1) is 13.1. The third-order valence-corrected chi connectivity index (χ3v) is 3.43. The number of H-pyrrole nitrogens is 1. The topological polar surface area (TPSA) is 54.7 Å². The Morgan fingerprint density at radius 1 is 1.39 bits per heavy atom. The summed E-state index contributed by atoms with van der Waals surface area (Å²) < 4.78 is 0. The van der Waals surface area contributed by atoms with Gasteiger partial charge in [-0.15, -0.1) is 0 Å². The number of nitrogens with two attached hydrogens (primary N) is 1. The quantitative estimate of drug-likeness (QED) is 0.887. The van der Waals surface area contributed by atoms with Crippen molar-refractivity contribution in [1.29, 1.82) is 0 Å². The van der Waals surface area contributed by atoms with E-state index < -0.39 is 0 Å². The summed E-state index contributed by atoms with van der Waals surface area (Å²) >= 11 is 6.21. The van der Waals surface area contributed by atoms with Crippen LogP contribution in [0.1, 0.15) is 30.8 Å². The number of aromatic nitrogens is 2. The van der Waals surface area contributed by atoms with Crippen molar-refractivity contribution in [2.24, 2.45) is 5.73 Å². The lowest BCUT2D eigenvalue weighted by Gasteiger charge is -2.05. The molecule has 0 saturated heterocycles. The summed E-state index contributed by atoms with van der Waals surface area (Å²) in [6.07, 6.45) is 0.926. The predicted molar refractivity (Wildman–Crippen MR) is 75.9 cm³/mol. The minimum atomic E-state index is 0.338. The van der Waals surface area contributed by atoms with Crippen LogP contribution in [0.3, 0.4) is 0 Å². The second-order valence-electron chi connectivity index (χ2n) is 4.55. The highest BCUT2D eigenvalue weighted by Gasteiger charge is 2.15. The zero-order valence-electron chi connectivity index (χ0n) is 10.7. The van der Waals surface area contributed by atoms with Crippen molar-refractivity contribution in [2.75, 3.05) is 6.54 Å². The molecule has 0 radical (unpaired) electrons. The van der Waals surface area contributed by atoms with Crippen LogP contribution in [0.5, 0.6) is 0 Å². The largest absolute Gasteiger partial charge is 0.345 e. The molecule has 0 saturated carbocycles. The molecule has 1 unspecified atom stereocenters. The van der Waals surface area contributed by atoms with Crippen LogP contribution in [0.15, 0.2) is 24.3 Å². The summed E-state index contributed by atoms with van der Waals surface area (Å²) in [6, 6.07) is 7.76. The fourth-order valence-electron chi connectivity index (χ4n) is 2.02. The van der Waals surface area contributed by atoms with E-state index in [1.807, 2.05) is 31.2 Å². The molecule has 0 aliphatic carbocycles. The first-order valence-electron chi connectivity index (χ1n) is 6.15. The smallest absolute Gasteiger partial charge is 0.109 e. The summed E-state index contributed by atoms with van der Waals surface area (Å²) in [7, 11) is 0. The lowest BCUT2D eigenvalue weighted by molar-refractivity contribution is 0.654. The Bertz CT molecular complexity index is 534. The molecule has 18 heavy (non-hydrogen) atoms. The molecule has 1 aromatic heterocycles. The van der Waals surface area contributed by atoms with Crippen LogP contribution in [0, 0.1) is 6.92 Å². The molecular weight excluding hydrogens is 246 g/mol. The lowest BCUT2D eigenvalue weighted by atomic mass is 10.1. The van der Waals surface area contributed by atoms with Crippen molar-refractivity contribution in [3.63, 3.8) is 0 Å². The molecule has 2 aromatic rings. The second-order valence-corrected chi connectivity index (χ2v) is 4.96. The molecular formula is C14H18ClN3. The van der Waals surface area contributed by atoms with Gasteiger partial charge in [-0.2, -0.15) is 0 Å². The third kappa shape index (κ3) is 2.57. The minimum absolute atomic E-state index is 0.338. The molecule has 0 bridgehead atoms. The van der Waals surface area contributed by atoms with E-state index in [0.717, 1.165) is 34.2 Å². The summed E-state index contributed by atoms with van der Waals surface area (Å²) in [5.41, 5.74) is 8.53. The van der Waals surface area contributed by atoms with E-state index in [2.05, 4.69) is 16.9 Å². The third-order valence-electron chi connectivity index (χ3n) is 3.10. The van der Waals surface area contributed by atoms with Crippen molar-refractivity contribution < 1.29 is 0 Å². The van der Waals surface area contributed by atoms with Crippen molar-refractivity contribution in [3.8, 4) is 11.3 Å². The molecule has 0 fully saturated rings. The number of rotatable bonds is 4. The van der Waals surface area contributed by atoms with Crippen LogP contribution in [-0.2, 0) is 0 Å². The number of hydrogen-bond acceptors (Lipinski definition) is 2. The minimum Gasteiger partial charge on any atom is -0.345 e. The Balaban J connectivity index is 2.38. The molecule has 1 atom stereocenters. The maximum absolute atomic E-state index is 6.21. The average Bonchev–Trinajstić information content (AvgIpc) is 2.72. The Morgan fingerprint density at radius 2 is 2.11 bits per heavy atom. The maximum Gasteiger partial charge on any atom is 0.109 e. The normalized spacial score (nSPS) is 12.7. The standard InChI is InChI=1S/C14H18ClN3/c1-9(7-8-16)14-17-10(2)13(18-14)11-5-3-4-6-12(11)15/h3-6,9H,7-8,16H2,1-2H3,(H,17,18). The molecule has 0 spiro atoms. The fraction of sp³-hybridized carbons (Fsp3) is 0.357. The van der Waals surface area contributed by atoms with Gasteiger partial charge in [0.2, 0.25) is 0 Å². The molecule has 1 heterocycles. The highest BCUT2D eigenvalue weighted by Crippen LogP contribution is 2.30. The number of halogens is 1. The van der Waals surface area contributed by atoms with Gasteiger partial charge in [-0.3, -0.25) is 0 Å². The zero-order valence-corrected chi connectivity index (χ0v) is 11.5.